The molecule has 0 fully saturated rings. The zero-order chi connectivity index (χ0) is 19.2. The average Bonchev–Trinajstić information content (AvgIpc) is 3.15. The van der Waals surface area contributed by atoms with Crippen LogP contribution in [0.1, 0.15) is 16.1 Å². The van der Waals surface area contributed by atoms with Gasteiger partial charge in [-0.15, -0.1) is 11.3 Å². The van der Waals surface area contributed by atoms with Gasteiger partial charge in [-0.05, 0) is 30.3 Å². The molecule has 138 valence electrons. The SMILES string of the molecule is COc1ccc(C(=O)COC(=O)Cc2csc(-c3cccnc3)n2)cc1Cl. The molecule has 0 spiro atoms. The average molecular weight is 403 g/mol. The van der Waals surface area contributed by atoms with E-state index in [1.54, 1.807) is 29.9 Å². The lowest BCUT2D eigenvalue weighted by atomic mass is 10.1. The highest BCUT2D eigenvalue weighted by Gasteiger charge is 2.14. The standard InChI is InChI=1S/C19H15ClN2O4S/c1-25-17-5-4-12(7-15(17)20)16(23)10-26-18(24)8-14-11-27-19(22-14)13-3-2-6-21-9-13/h2-7,9,11H,8,10H2,1H3. The first-order valence-electron chi connectivity index (χ1n) is 7.94. The molecule has 0 N–H and O–H groups in total. The number of halogens is 1. The second-order valence-corrected chi connectivity index (χ2v) is 6.76. The number of benzene rings is 1. The normalized spacial score (nSPS) is 10.4. The molecule has 2 heterocycles. The third kappa shape index (κ3) is 4.90. The zero-order valence-corrected chi connectivity index (χ0v) is 15.9. The van der Waals surface area contributed by atoms with E-state index in [1.807, 2.05) is 12.1 Å². The number of nitrogens with zero attached hydrogens (tertiary/aromatic N) is 2. The summed E-state index contributed by atoms with van der Waals surface area (Å²) < 4.78 is 10.1. The van der Waals surface area contributed by atoms with Crippen LogP contribution in [0.25, 0.3) is 10.6 Å². The van der Waals surface area contributed by atoms with Gasteiger partial charge in [0.15, 0.2) is 12.4 Å². The van der Waals surface area contributed by atoms with Crippen LogP contribution >= 0.6 is 22.9 Å². The lowest BCUT2D eigenvalue weighted by Crippen LogP contribution is -2.15. The number of carbonyl (C=O) groups is 2. The summed E-state index contributed by atoms with van der Waals surface area (Å²) in [5.74, 6) is -0.397. The molecule has 27 heavy (non-hydrogen) atoms. The van der Waals surface area contributed by atoms with Gasteiger partial charge in [-0.2, -0.15) is 0 Å². The van der Waals surface area contributed by atoms with E-state index in [-0.39, 0.29) is 18.8 Å². The van der Waals surface area contributed by atoms with E-state index in [1.165, 1.54) is 24.5 Å². The van der Waals surface area contributed by atoms with Gasteiger partial charge >= 0.3 is 5.97 Å². The van der Waals surface area contributed by atoms with E-state index in [4.69, 9.17) is 21.1 Å². The van der Waals surface area contributed by atoms with Crippen molar-refractivity contribution >= 4 is 34.7 Å². The molecular formula is C19H15ClN2O4S. The van der Waals surface area contributed by atoms with Gasteiger partial charge in [0.25, 0.3) is 0 Å². The second-order valence-electron chi connectivity index (χ2n) is 5.50. The van der Waals surface area contributed by atoms with Crippen molar-refractivity contribution in [3.05, 3.63) is 64.4 Å². The summed E-state index contributed by atoms with van der Waals surface area (Å²) in [6.07, 6.45) is 3.38. The van der Waals surface area contributed by atoms with Gasteiger partial charge in [0.2, 0.25) is 0 Å². The number of ether oxygens (including phenoxy) is 2. The molecule has 0 aliphatic rings. The molecule has 3 aromatic rings. The molecule has 0 radical (unpaired) electrons. The minimum Gasteiger partial charge on any atom is -0.495 e. The van der Waals surface area contributed by atoms with Crippen molar-refractivity contribution in [3.63, 3.8) is 0 Å². The molecule has 0 aliphatic heterocycles. The molecule has 6 nitrogen and oxygen atoms in total. The fourth-order valence-electron chi connectivity index (χ4n) is 2.28. The Morgan fingerprint density at radius 3 is 2.81 bits per heavy atom. The highest BCUT2D eigenvalue weighted by Crippen LogP contribution is 2.25. The van der Waals surface area contributed by atoms with Crippen molar-refractivity contribution in [1.29, 1.82) is 0 Å². The number of hydrogen-bond donors (Lipinski definition) is 0. The van der Waals surface area contributed by atoms with Crippen LogP contribution in [0.3, 0.4) is 0 Å². The number of pyridine rings is 1. The fourth-order valence-corrected chi connectivity index (χ4v) is 3.35. The number of methoxy groups -OCH3 is 1. The smallest absolute Gasteiger partial charge is 0.312 e. The lowest BCUT2D eigenvalue weighted by molar-refractivity contribution is -0.141. The molecule has 1 aromatic carbocycles. The summed E-state index contributed by atoms with van der Waals surface area (Å²) in [5, 5.41) is 2.88. The summed E-state index contributed by atoms with van der Waals surface area (Å²) >= 11 is 7.42. The summed E-state index contributed by atoms with van der Waals surface area (Å²) in [4.78, 5) is 32.6. The molecule has 0 bridgehead atoms. The van der Waals surface area contributed by atoms with Gasteiger partial charge in [-0.25, -0.2) is 4.98 Å². The van der Waals surface area contributed by atoms with E-state index in [0.29, 0.717) is 22.0 Å². The monoisotopic (exact) mass is 402 g/mol. The van der Waals surface area contributed by atoms with E-state index in [2.05, 4.69) is 9.97 Å². The Morgan fingerprint density at radius 2 is 2.11 bits per heavy atom. The molecule has 0 atom stereocenters. The molecule has 3 rings (SSSR count). The van der Waals surface area contributed by atoms with Crippen molar-refractivity contribution < 1.29 is 19.1 Å². The largest absolute Gasteiger partial charge is 0.495 e. The van der Waals surface area contributed by atoms with Crippen LogP contribution in [0.15, 0.2) is 48.1 Å². The third-order valence-corrected chi connectivity index (χ3v) is 4.86. The second kappa shape index (κ2) is 8.75. The van der Waals surface area contributed by atoms with Crippen molar-refractivity contribution in [2.75, 3.05) is 13.7 Å². The van der Waals surface area contributed by atoms with Crippen LogP contribution < -0.4 is 4.74 Å². The molecular weight excluding hydrogens is 388 g/mol. The van der Waals surface area contributed by atoms with Crippen LogP contribution in [0.5, 0.6) is 5.75 Å². The molecule has 0 saturated carbocycles. The third-order valence-electron chi connectivity index (χ3n) is 3.62. The van der Waals surface area contributed by atoms with Crippen LogP contribution in [-0.4, -0.2) is 35.4 Å². The summed E-state index contributed by atoms with van der Waals surface area (Å²) in [6.45, 7) is -0.360. The Balaban J connectivity index is 1.55. The Bertz CT molecular complexity index is 959. The Hall–Kier alpha value is -2.77. The summed E-state index contributed by atoms with van der Waals surface area (Å²) in [7, 11) is 1.49. The van der Waals surface area contributed by atoms with Crippen molar-refractivity contribution in [2.24, 2.45) is 0 Å². The van der Waals surface area contributed by atoms with E-state index in [9.17, 15) is 9.59 Å². The number of carbonyl (C=O) groups excluding carboxylic acids is 2. The first-order valence-corrected chi connectivity index (χ1v) is 9.19. The molecule has 0 saturated heterocycles. The predicted octanol–water partition coefficient (Wildman–Crippen LogP) is 3.84. The maximum absolute atomic E-state index is 12.1. The Kier molecular flexibility index (Phi) is 6.16. The quantitative estimate of drug-likeness (QED) is 0.441. The number of thiazole rings is 1. The molecule has 0 unspecified atom stereocenters. The fraction of sp³-hybridized carbons (Fsp3) is 0.158. The molecule has 0 aliphatic carbocycles. The van der Waals surface area contributed by atoms with Gasteiger partial charge < -0.3 is 9.47 Å². The molecule has 8 heteroatoms. The van der Waals surface area contributed by atoms with Crippen LogP contribution in [0.2, 0.25) is 5.02 Å². The van der Waals surface area contributed by atoms with Crippen molar-refractivity contribution in [1.82, 2.24) is 9.97 Å². The van der Waals surface area contributed by atoms with Gasteiger partial charge in [-0.3, -0.25) is 14.6 Å². The summed E-state index contributed by atoms with van der Waals surface area (Å²) in [5.41, 5.74) is 1.82. The van der Waals surface area contributed by atoms with Gasteiger partial charge in [-0.1, -0.05) is 11.6 Å². The zero-order valence-electron chi connectivity index (χ0n) is 14.3. The van der Waals surface area contributed by atoms with Crippen molar-refractivity contribution in [2.45, 2.75) is 6.42 Å². The highest BCUT2D eigenvalue weighted by molar-refractivity contribution is 7.13. The van der Waals surface area contributed by atoms with Gasteiger partial charge in [0, 0.05) is 28.9 Å². The number of hydrogen-bond acceptors (Lipinski definition) is 7. The predicted molar refractivity (Wildman–Crippen MR) is 102 cm³/mol. The highest BCUT2D eigenvalue weighted by atomic mass is 35.5. The van der Waals surface area contributed by atoms with Gasteiger partial charge in [0.05, 0.1) is 24.2 Å². The molecule has 0 amide bonds. The molecule has 2 aromatic heterocycles. The van der Waals surface area contributed by atoms with E-state index in [0.717, 1.165) is 10.6 Å². The maximum Gasteiger partial charge on any atom is 0.312 e. The topological polar surface area (TPSA) is 78.4 Å². The van der Waals surface area contributed by atoms with Crippen LogP contribution in [-0.2, 0) is 16.0 Å². The first-order chi connectivity index (χ1) is 13.1. The number of rotatable bonds is 7. The van der Waals surface area contributed by atoms with Crippen LogP contribution in [0, 0.1) is 0 Å². The number of ketones is 1. The minimum atomic E-state index is -0.522. The number of Topliss-reactive ketones (excluding diaryl/α,β-unsaturated/α-hetero) is 1. The van der Waals surface area contributed by atoms with E-state index >= 15 is 0 Å². The first kappa shape index (κ1) is 19.0. The van der Waals surface area contributed by atoms with Gasteiger partial charge in [0.1, 0.15) is 10.8 Å². The Morgan fingerprint density at radius 1 is 1.26 bits per heavy atom. The lowest BCUT2D eigenvalue weighted by Gasteiger charge is -2.06. The number of aromatic nitrogens is 2. The van der Waals surface area contributed by atoms with Crippen LogP contribution in [0.4, 0.5) is 0 Å². The minimum absolute atomic E-state index is 0.00654. The number of esters is 1. The maximum atomic E-state index is 12.1. The Labute approximate surface area is 164 Å². The summed E-state index contributed by atoms with van der Waals surface area (Å²) in [6, 6.07) is 8.36. The van der Waals surface area contributed by atoms with E-state index < -0.39 is 5.97 Å². The van der Waals surface area contributed by atoms with Crippen molar-refractivity contribution in [3.8, 4) is 16.3 Å².